The van der Waals surface area contributed by atoms with E-state index in [0.717, 1.165) is 11.5 Å². The van der Waals surface area contributed by atoms with Gasteiger partial charge in [0.25, 0.3) is 0 Å². The fourth-order valence-electron chi connectivity index (χ4n) is 0.671. The summed E-state index contributed by atoms with van der Waals surface area (Å²) in [6.07, 6.45) is 0. The first kappa shape index (κ1) is 10.8. The number of Topliss-reactive ketones (excluding diaryl/α,β-unsaturated/α-hetero) is 1. The zero-order valence-electron chi connectivity index (χ0n) is 7.37. The van der Waals surface area contributed by atoms with Gasteiger partial charge in [0, 0.05) is 6.92 Å². The minimum atomic E-state index is -1.89. The molecular weight excluding hydrogens is 160 g/mol. The lowest BCUT2D eigenvalue weighted by Crippen LogP contribution is -2.58. The summed E-state index contributed by atoms with van der Waals surface area (Å²) in [4.78, 5) is 10.8. The molecule has 1 N–H and O–H groups in total. The molecule has 0 saturated heterocycles. The maximum absolute atomic E-state index is 11.5. The van der Waals surface area contributed by atoms with Crippen LogP contribution in [0.3, 0.4) is 0 Å². The highest BCUT2D eigenvalue weighted by atomic mass is 16.4. The van der Waals surface area contributed by atoms with Crippen LogP contribution in [0.1, 0.15) is 13.8 Å². The number of ketones is 1. The Morgan fingerprint density at radius 1 is 1.75 bits per heavy atom. The summed E-state index contributed by atoms with van der Waals surface area (Å²) < 4.78 is 1.02. The van der Waals surface area contributed by atoms with Gasteiger partial charge in [-0.25, -0.2) is 4.58 Å². The first-order valence-electron chi connectivity index (χ1n) is 3.32. The SMILES string of the molecule is C=[N+](C)C(C)([O-])/C(=N/O)C(C)=O. The van der Waals surface area contributed by atoms with E-state index in [2.05, 4.69) is 11.9 Å². The number of hydrogen-bond donors (Lipinski definition) is 1. The van der Waals surface area contributed by atoms with Crippen molar-refractivity contribution in [2.75, 3.05) is 7.05 Å². The second-order valence-electron chi connectivity index (χ2n) is 2.69. The molecule has 5 heteroatoms. The zero-order valence-corrected chi connectivity index (χ0v) is 7.37. The van der Waals surface area contributed by atoms with Crippen molar-refractivity contribution in [3.05, 3.63) is 0 Å². The summed E-state index contributed by atoms with van der Waals surface area (Å²) in [6.45, 7) is 5.70. The summed E-state index contributed by atoms with van der Waals surface area (Å²) >= 11 is 0. The second kappa shape index (κ2) is 3.44. The van der Waals surface area contributed by atoms with Crippen LogP contribution in [0.2, 0.25) is 0 Å². The maximum Gasteiger partial charge on any atom is 0.182 e. The molecular formula is C7H12N2O3. The third-order valence-electron chi connectivity index (χ3n) is 1.60. The Hall–Kier alpha value is -1.23. The van der Waals surface area contributed by atoms with E-state index < -0.39 is 17.2 Å². The first-order chi connectivity index (χ1) is 5.34. The smallest absolute Gasteiger partial charge is 0.182 e. The van der Waals surface area contributed by atoms with Gasteiger partial charge >= 0.3 is 0 Å². The van der Waals surface area contributed by atoms with Gasteiger partial charge in [0.15, 0.2) is 11.5 Å². The molecule has 0 fully saturated rings. The van der Waals surface area contributed by atoms with E-state index in [0.29, 0.717) is 0 Å². The van der Waals surface area contributed by atoms with Gasteiger partial charge in [0.2, 0.25) is 0 Å². The second-order valence-corrected chi connectivity index (χ2v) is 2.69. The molecule has 5 nitrogen and oxygen atoms in total. The summed E-state index contributed by atoms with van der Waals surface area (Å²) in [5.41, 5.74) is -2.33. The topological polar surface area (TPSA) is 75.7 Å². The monoisotopic (exact) mass is 172 g/mol. The predicted molar refractivity (Wildman–Crippen MR) is 41.6 cm³/mol. The van der Waals surface area contributed by atoms with E-state index >= 15 is 0 Å². The molecule has 0 aromatic heterocycles. The molecule has 1 atom stereocenters. The van der Waals surface area contributed by atoms with Crippen LogP contribution in [-0.2, 0) is 4.79 Å². The van der Waals surface area contributed by atoms with E-state index in [4.69, 9.17) is 5.21 Å². The molecule has 0 aromatic carbocycles. The Labute approximate surface area is 70.6 Å². The highest BCUT2D eigenvalue weighted by Crippen LogP contribution is 2.02. The van der Waals surface area contributed by atoms with Gasteiger partial charge in [-0.3, -0.25) is 4.79 Å². The molecule has 0 aromatic rings. The van der Waals surface area contributed by atoms with Crippen LogP contribution in [-0.4, -0.2) is 40.8 Å². The van der Waals surface area contributed by atoms with Gasteiger partial charge in [-0.15, -0.1) is 0 Å². The molecule has 0 spiro atoms. The average molecular weight is 172 g/mol. The highest BCUT2D eigenvalue weighted by molar-refractivity contribution is 6.41. The Morgan fingerprint density at radius 3 is 2.25 bits per heavy atom. The summed E-state index contributed by atoms with van der Waals surface area (Å²) in [6, 6.07) is 0. The van der Waals surface area contributed by atoms with Gasteiger partial charge in [-0.2, -0.15) is 0 Å². The molecule has 0 radical (unpaired) electrons. The fourth-order valence-corrected chi connectivity index (χ4v) is 0.671. The van der Waals surface area contributed by atoms with Crippen molar-refractivity contribution in [3.8, 4) is 0 Å². The van der Waals surface area contributed by atoms with Gasteiger partial charge in [0.1, 0.15) is 19.5 Å². The van der Waals surface area contributed by atoms with Crippen LogP contribution in [0.25, 0.3) is 0 Å². The fraction of sp³-hybridized carbons (Fsp3) is 0.571. The molecule has 68 valence electrons. The van der Waals surface area contributed by atoms with Gasteiger partial charge in [-0.05, 0) is 6.92 Å². The van der Waals surface area contributed by atoms with Gasteiger partial charge < -0.3 is 10.3 Å². The highest BCUT2D eigenvalue weighted by Gasteiger charge is 2.30. The third kappa shape index (κ3) is 1.88. The van der Waals surface area contributed by atoms with Gasteiger partial charge in [-0.1, -0.05) is 5.16 Å². The summed E-state index contributed by atoms with van der Waals surface area (Å²) in [7, 11) is 1.40. The van der Waals surface area contributed by atoms with E-state index in [-0.39, 0.29) is 0 Å². The third-order valence-corrected chi connectivity index (χ3v) is 1.60. The molecule has 0 amide bonds. The standard InChI is InChI=1S/C7H12N2O3/c1-5(10)6(8-12)7(2,11)9(3)4/h12H,3H2,1-2,4H3/b8-6+. The number of rotatable bonds is 3. The quantitative estimate of drug-likeness (QED) is 0.191. The van der Waals surface area contributed by atoms with Crippen molar-refractivity contribution >= 4 is 18.2 Å². The molecule has 0 rings (SSSR count). The zero-order chi connectivity index (χ0) is 9.94. The first-order valence-corrected chi connectivity index (χ1v) is 3.32. The van der Waals surface area contributed by atoms with Gasteiger partial charge in [0.05, 0.1) is 0 Å². The Balaban J connectivity index is 5.00. The summed E-state index contributed by atoms with van der Waals surface area (Å²) in [5, 5.41) is 22.6. The van der Waals surface area contributed by atoms with Crippen LogP contribution in [0.5, 0.6) is 0 Å². The molecule has 0 aliphatic heterocycles. The number of hydrogen-bond acceptors (Lipinski definition) is 4. The van der Waals surface area contributed by atoms with Crippen molar-refractivity contribution in [1.82, 2.24) is 0 Å². The molecule has 12 heavy (non-hydrogen) atoms. The number of carbonyl (C=O) groups is 1. The van der Waals surface area contributed by atoms with Crippen molar-refractivity contribution in [1.29, 1.82) is 0 Å². The molecule has 0 heterocycles. The lowest BCUT2D eigenvalue weighted by Gasteiger charge is -2.29. The minimum Gasteiger partial charge on any atom is -0.791 e. The predicted octanol–water partition coefficient (Wildman–Crippen LogP) is -1.17. The Kier molecular flexibility index (Phi) is 3.09. The Bertz CT molecular complexity index is 243. The molecule has 0 bridgehead atoms. The lowest BCUT2D eigenvalue weighted by atomic mass is 10.1. The minimum absolute atomic E-state index is 0.444. The number of carbonyl (C=O) groups excluding carboxylic acids is 1. The normalized spacial score (nSPS) is 16.8. The van der Waals surface area contributed by atoms with Crippen molar-refractivity contribution < 1.29 is 19.7 Å². The molecule has 1 unspecified atom stereocenters. The van der Waals surface area contributed by atoms with E-state index in [9.17, 15) is 9.90 Å². The summed E-state index contributed by atoms with van der Waals surface area (Å²) in [5.74, 6) is -0.564. The molecule has 0 aliphatic carbocycles. The maximum atomic E-state index is 11.5. The lowest BCUT2D eigenvalue weighted by molar-refractivity contribution is -0.734. The van der Waals surface area contributed by atoms with Crippen molar-refractivity contribution in [2.45, 2.75) is 19.6 Å². The van der Waals surface area contributed by atoms with Crippen LogP contribution in [0.4, 0.5) is 0 Å². The molecule has 0 saturated carbocycles. The van der Waals surface area contributed by atoms with Crippen molar-refractivity contribution in [2.24, 2.45) is 5.16 Å². The van der Waals surface area contributed by atoms with E-state index in [1.165, 1.54) is 14.0 Å². The molecule has 0 aliphatic rings. The van der Waals surface area contributed by atoms with Crippen molar-refractivity contribution in [3.63, 3.8) is 0 Å². The van der Waals surface area contributed by atoms with Crippen LogP contribution < -0.4 is 5.11 Å². The number of oxime groups is 1. The largest absolute Gasteiger partial charge is 0.791 e. The van der Waals surface area contributed by atoms with E-state index in [1.54, 1.807) is 0 Å². The van der Waals surface area contributed by atoms with Crippen LogP contribution in [0.15, 0.2) is 5.16 Å². The number of nitrogens with zero attached hydrogens (tertiary/aromatic N) is 2. The Morgan fingerprint density at radius 2 is 2.17 bits per heavy atom. The average Bonchev–Trinajstić information content (AvgIpc) is 1.86. The van der Waals surface area contributed by atoms with Crippen LogP contribution in [0, 0.1) is 0 Å². The van der Waals surface area contributed by atoms with E-state index in [1.807, 2.05) is 0 Å². The van der Waals surface area contributed by atoms with Crippen LogP contribution >= 0.6 is 0 Å².